The summed E-state index contributed by atoms with van der Waals surface area (Å²) in [6.07, 6.45) is 0.308. The van der Waals surface area contributed by atoms with Crippen molar-refractivity contribution in [1.29, 1.82) is 0 Å². The second-order valence-corrected chi connectivity index (χ2v) is 4.88. The van der Waals surface area contributed by atoms with Gasteiger partial charge in [-0.05, 0) is 26.0 Å². The molecule has 2 atom stereocenters. The Morgan fingerprint density at radius 3 is 2.79 bits per heavy atom. The van der Waals surface area contributed by atoms with E-state index in [2.05, 4.69) is 24.9 Å². The molecule has 0 saturated carbocycles. The molecule has 0 aliphatic carbocycles. The zero-order valence-corrected chi connectivity index (χ0v) is 8.97. The van der Waals surface area contributed by atoms with Crippen molar-refractivity contribution >= 4 is 21.6 Å². The van der Waals surface area contributed by atoms with Crippen LogP contribution in [0.25, 0.3) is 10.2 Å². The van der Waals surface area contributed by atoms with Crippen LogP contribution in [0.3, 0.4) is 0 Å². The van der Waals surface area contributed by atoms with Crippen LogP contribution in [0.2, 0.25) is 0 Å². The summed E-state index contributed by atoms with van der Waals surface area (Å²) in [6, 6.07) is 8.22. The topological polar surface area (TPSA) is 25.4 Å². The second-order valence-electron chi connectivity index (χ2n) is 3.85. The fourth-order valence-electron chi connectivity index (χ4n) is 1.64. The number of aromatic nitrogens is 1. The van der Waals surface area contributed by atoms with Gasteiger partial charge in [-0.3, -0.25) is 0 Å². The maximum absolute atomic E-state index is 5.57. The van der Waals surface area contributed by atoms with Gasteiger partial charge in [0.2, 0.25) is 0 Å². The smallest absolute Gasteiger partial charge is 0.143 e. The Balaban J connectivity index is 2.16. The van der Waals surface area contributed by atoms with Gasteiger partial charge in [0.1, 0.15) is 10.6 Å². The number of nitrogens with zero attached hydrogens (tertiary/aromatic N) is 1. The lowest BCUT2D eigenvalue weighted by Gasteiger charge is -1.97. The van der Waals surface area contributed by atoms with E-state index in [1.54, 1.807) is 11.3 Å². The molecule has 72 valence electrons. The Morgan fingerprint density at radius 2 is 2.14 bits per heavy atom. The molecule has 3 heteroatoms. The number of ether oxygens (including phenoxy) is 1. The molecular formula is C11H11NOS. The van der Waals surface area contributed by atoms with Crippen LogP contribution < -0.4 is 0 Å². The van der Waals surface area contributed by atoms with E-state index in [9.17, 15) is 0 Å². The Hall–Kier alpha value is -0.930. The molecule has 1 saturated heterocycles. The average Bonchev–Trinajstić information content (AvgIpc) is 2.66. The van der Waals surface area contributed by atoms with Gasteiger partial charge in [-0.15, -0.1) is 11.3 Å². The first-order valence-corrected chi connectivity index (χ1v) is 5.56. The maximum atomic E-state index is 5.57. The third kappa shape index (κ3) is 1.03. The SMILES string of the molecule is C[C@H]1O[C@@]1(C)c1nc2ccccc2s1. The first-order chi connectivity index (χ1) is 6.70. The minimum absolute atomic E-state index is 0.121. The molecule has 0 amide bonds. The van der Waals surface area contributed by atoms with Crippen molar-refractivity contribution < 1.29 is 4.74 Å². The van der Waals surface area contributed by atoms with Crippen LogP contribution >= 0.6 is 11.3 Å². The lowest BCUT2D eigenvalue weighted by atomic mass is 10.1. The van der Waals surface area contributed by atoms with Gasteiger partial charge in [-0.1, -0.05) is 12.1 Å². The number of thiazole rings is 1. The minimum Gasteiger partial charge on any atom is -0.359 e. The molecule has 1 fully saturated rings. The van der Waals surface area contributed by atoms with Gasteiger partial charge in [0.05, 0.1) is 16.3 Å². The van der Waals surface area contributed by atoms with E-state index in [-0.39, 0.29) is 5.60 Å². The van der Waals surface area contributed by atoms with Gasteiger partial charge < -0.3 is 4.74 Å². The van der Waals surface area contributed by atoms with Crippen LogP contribution in [0.1, 0.15) is 18.9 Å². The molecule has 0 N–H and O–H groups in total. The van der Waals surface area contributed by atoms with Crippen molar-refractivity contribution in [2.45, 2.75) is 25.6 Å². The van der Waals surface area contributed by atoms with Gasteiger partial charge >= 0.3 is 0 Å². The Bertz CT molecular complexity index is 460. The molecule has 0 bridgehead atoms. The summed E-state index contributed by atoms with van der Waals surface area (Å²) in [5, 5.41) is 1.10. The molecule has 1 aromatic carbocycles. The number of hydrogen-bond acceptors (Lipinski definition) is 3. The van der Waals surface area contributed by atoms with Gasteiger partial charge in [0.25, 0.3) is 0 Å². The number of hydrogen-bond donors (Lipinski definition) is 0. The van der Waals surface area contributed by atoms with Crippen molar-refractivity contribution in [2.75, 3.05) is 0 Å². The molecule has 1 aliphatic heterocycles. The van der Waals surface area contributed by atoms with Crippen molar-refractivity contribution in [3.05, 3.63) is 29.3 Å². The summed E-state index contributed by atoms with van der Waals surface area (Å²) < 4.78 is 6.81. The molecule has 2 nitrogen and oxygen atoms in total. The predicted molar refractivity (Wildman–Crippen MR) is 57.5 cm³/mol. The standard InChI is InChI=1S/C11H11NOS/c1-7-11(2,13-7)10-12-8-5-3-4-6-9(8)14-10/h3-7H,1-2H3/t7-,11-/m1/s1. The Labute approximate surface area is 86.5 Å². The average molecular weight is 205 g/mol. The highest BCUT2D eigenvalue weighted by molar-refractivity contribution is 7.18. The molecule has 0 spiro atoms. The predicted octanol–water partition coefficient (Wildman–Crippen LogP) is 2.93. The van der Waals surface area contributed by atoms with Crippen LogP contribution in [0.15, 0.2) is 24.3 Å². The fraction of sp³-hybridized carbons (Fsp3) is 0.364. The highest BCUT2D eigenvalue weighted by Crippen LogP contribution is 2.47. The van der Waals surface area contributed by atoms with Crippen LogP contribution in [0.4, 0.5) is 0 Å². The first kappa shape index (κ1) is 8.38. The van der Waals surface area contributed by atoms with Gasteiger partial charge in [0.15, 0.2) is 0 Å². The molecule has 1 aliphatic rings. The van der Waals surface area contributed by atoms with Crippen LogP contribution in [-0.4, -0.2) is 11.1 Å². The number of benzene rings is 1. The third-order valence-electron chi connectivity index (χ3n) is 2.86. The second kappa shape index (κ2) is 2.55. The van der Waals surface area contributed by atoms with Crippen molar-refractivity contribution in [2.24, 2.45) is 0 Å². The summed E-state index contributed by atoms with van der Waals surface area (Å²) in [6.45, 7) is 4.20. The lowest BCUT2D eigenvalue weighted by Crippen LogP contribution is -2.04. The van der Waals surface area contributed by atoms with E-state index in [4.69, 9.17) is 4.74 Å². The van der Waals surface area contributed by atoms with Crippen molar-refractivity contribution in [1.82, 2.24) is 4.98 Å². The summed E-state index contributed by atoms with van der Waals surface area (Å²) >= 11 is 1.73. The van der Waals surface area contributed by atoms with Crippen LogP contribution in [0, 0.1) is 0 Å². The van der Waals surface area contributed by atoms with Gasteiger partial charge in [-0.2, -0.15) is 0 Å². The largest absolute Gasteiger partial charge is 0.359 e. The van der Waals surface area contributed by atoms with E-state index in [1.807, 2.05) is 18.2 Å². The highest BCUT2D eigenvalue weighted by Gasteiger charge is 2.52. The van der Waals surface area contributed by atoms with E-state index < -0.39 is 0 Å². The monoisotopic (exact) mass is 205 g/mol. The van der Waals surface area contributed by atoms with Crippen LogP contribution in [0.5, 0.6) is 0 Å². The summed E-state index contributed by atoms with van der Waals surface area (Å²) in [4.78, 5) is 4.59. The molecule has 2 aromatic rings. The van der Waals surface area contributed by atoms with E-state index in [1.165, 1.54) is 4.70 Å². The molecule has 3 rings (SSSR count). The summed E-state index contributed by atoms with van der Waals surface area (Å²) in [5.74, 6) is 0. The van der Waals surface area contributed by atoms with Gasteiger partial charge in [-0.25, -0.2) is 4.98 Å². The van der Waals surface area contributed by atoms with Crippen LogP contribution in [-0.2, 0) is 10.3 Å². The molecule has 1 aromatic heterocycles. The lowest BCUT2D eigenvalue weighted by molar-refractivity contribution is 0.316. The number of rotatable bonds is 1. The Kier molecular flexibility index (Phi) is 1.53. The summed E-state index contributed by atoms with van der Waals surface area (Å²) in [5.41, 5.74) is 0.959. The summed E-state index contributed by atoms with van der Waals surface area (Å²) in [7, 11) is 0. The first-order valence-electron chi connectivity index (χ1n) is 4.74. The van der Waals surface area contributed by atoms with E-state index in [0.717, 1.165) is 10.5 Å². The highest BCUT2D eigenvalue weighted by atomic mass is 32.1. The Morgan fingerprint density at radius 1 is 1.43 bits per heavy atom. The quantitative estimate of drug-likeness (QED) is 0.669. The van der Waals surface area contributed by atoms with E-state index >= 15 is 0 Å². The molecule has 0 radical (unpaired) electrons. The zero-order chi connectivity index (χ0) is 9.76. The number of epoxide rings is 1. The van der Waals surface area contributed by atoms with Crippen molar-refractivity contribution in [3.63, 3.8) is 0 Å². The molecular weight excluding hydrogens is 194 g/mol. The zero-order valence-electron chi connectivity index (χ0n) is 8.15. The third-order valence-corrected chi connectivity index (χ3v) is 4.11. The maximum Gasteiger partial charge on any atom is 0.143 e. The minimum atomic E-state index is -0.121. The van der Waals surface area contributed by atoms with Crippen molar-refractivity contribution in [3.8, 4) is 0 Å². The molecule has 0 unspecified atom stereocenters. The number of para-hydroxylation sites is 1. The van der Waals surface area contributed by atoms with E-state index in [0.29, 0.717) is 6.10 Å². The molecule has 14 heavy (non-hydrogen) atoms. The van der Waals surface area contributed by atoms with Gasteiger partial charge in [0, 0.05) is 0 Å². The number of fused-ring (bicyclic) bond motifs is 1. The normalized spacial score (nSPS) is 30.9. The molecule has 2 heterocycles. The fourth-order valence-corrected chi connectivity index (χ4v) is 2.78.